The molecule has 0 unspecified atom stereocenters. The van der Waals surface area contributed by atoms with Crippen molar-refractivity contribution in [3.63, 3.8) is 0 Å². The summed E-state index contributed by atoms with van der Waals surface area (Å²) in [6.45, 7) is 0. The highest BCUT2D eigenvalue weighted by molar-refractivity contribution is 8.00. The van der Waals surface area contributed by atoms with Crippen LogP contribution in [0.15, 0.2) is 119 Å². The van der Waals surface area contributed by atoms with Crippen molar-refractivity contribution in [1.82, 2.24) is 10.3 Å². The zero-order chi connectivity index (χ0) is 31.6. The highest BCUT2D eigenvalue weighted by atomic mass is 32.2. The molecule has 3 amide bonds. The average molecular weight is 639 g/mol. The van der Waals surface area contributed by atoms with Gasteiger partial charge in [-0.05, 0) is 84.4 Å². The molecule has 1 aromatic heterocycles. The number of carbonyl (C=O) groups is 3. The van der Waals surface area contributed by atoms with E-state index in [0.717, 1.165) is 21.9 Å². The number of nitrogens with one attached hydrogen (secondary N) is 3. The second kappa shape index (κ2) is 15.0. The normalized spacial score (nSPS) is 11.0. The van der Waals surface area contributed by atoms with Gasteiger partial charge >= 0.3 is 0 Å². The summed E-state index contributed by atoms with van der Waals surface area (Å²) in [4.78, 5) is 43.9. The smallest absolute Gasteiger partial charge is 0.272 e. The van der Waals surface area contributed by atoms with Gasteiger partial charge in [-0.1, -0.05) is 30.3 Å². The van der Waals surface area contributed by atoms with Crippen molar-refractivity contribution in [2.45, 2.75) is 4.90 Å². The minimum absolute atomic E-state index is 0.0112. The maximum atomic E-state index is 13.4. The molecule has 8 nitrogen and oxygen atoms in total. The van der Waals surface area contributed by atoms with Gasteiger partial charge in [-0.3, -0.25) is 14.4 Å². The molecule has 226 valence electrons. The largest absolute Gasteiger partial charge is 0.497 e. The Hall–Kier alpha value is -5.26. The molecule has 0 aliphatic carbocycles. The molecule has 0 atom stereocenters. The first-order valence-electron chi connectivity index (χ1n) is 13.6. The number of methoxy groups -OCH3 is 1. The SMILES string of the molecule is COc1ccc(-c2csc(NC(=O)CSc3ccc(NC(=O)/C(=C/c4ccc(F)cc4)NC(=O)c4ccccc4)cc3)n2)cc1. The summed E-state index contributed by atoms with van der Waals surface area (Å²) in [6, 6.07) is 28.6. The van der Waals surface area contributed by atoms with Crippen LogP contribution < -0.4 is 20.7 Å². The molecular formula is C34H27FN4O4S2. The predicted molar refractivity (Wildman–Crippen MR) is 177 cm³/mol. The van der Waals surface area contributed by atoms with Crippen LogP contribution in [-0.4, -0.2) is 35.6 Å². The lowest BCUT2D eigenvalue weighted by molar-refractivity contribution is -0.114. The Bertz CT molecular complexity index is 1810. The Morgan fingerprint density at radius 1 is 0.889 bits per heavy atom. The van der Waals surface area contributed by atoms with Gasteiger partial charge in [0.25, 0.3) is 11.8 Å². The first-order valence-corrected chi connectivity index (χ1v) is 15.5. The lowest BCUT2D eigenvalue weighted by Crippen LogP contribution is -2.30. The van der Waals surface area contributed by atoms with E-state index >= 15 is 0 Å². The summed E-state index contributed by atoms with van der Waals surface area (Å²) in [6.07, 6.45) is 1.47. The van der Waals surface area contributed by atoms with Crippen LogP contribution in [0.4, 0.5) is 15.2 Å². The van der Waals surface area contributed by atoms with Gasteiger partial charge in [0.1, 0.15) is 17.3 Å². The lowest BCUT2D eigenvalue weighted by Gasteiger charge is -2.12. The summed E-state index contributed by atoms with van der Waals surface area (Å²) < 4.78 is 18.6. The van der Waals surface area contributed by atoms with Crippen molar-refractivity contribution in [3.05, 3.63) is 131 Å². The Kier molecular flexibility index (Phi) is 10.4. The van der Waals surface area contributed by atoms with E-state index < -0.39 is 17.6 Å². The van der Waals surface area contributed by atoms with Gasteiger partial charge in [-0.2, -0.15) is 0 Å². The first kappa shape index (κ1) is 31.2. The highest BCUT2D eigenvalue weighted by Gasteiger charge is 2.16. The molecule has 5 rings (SSSR count). The number of thiazole rings is 1. The zero-order valence-corrected chi connectivity index (χ0v) is 25.6. The number of thioether (sulfide) groups is 1. The average Bonchev–Trinajstić information content (AvgIpc) is 3.53. The second-order valence-electron chi connectivity index (χ2n) is 9.51. The summed E-state index contributed by atoms with van der Waals surface area (Å²) in [7, 11) is 1.61. The number of hydrogen-bond donors (Lipinski definition) is 3. The molecule has 5 aromatic rings. The van der Waals surface area contributed by atoms with Crippen molar-refractivity contribution in [2.24, 2.45) is 0 Å². The fourth-order valence-corrected chi connectivity index (χ4v) is 5.47. The van der Waals surface area contributed by atoms with Gasteiger partial charge in [0.15, 0.2) is 5.13 Å². The van der Waals surface area contributed by atoms with Gasteiger partial charge < -0.3 is 20.7 Å². The molecule has 4 aromatic carbocycles. The van der Waals surface area contributed by atoms with Crippen molar-refractivity contribution >= 4 is 57.7 Å². The van der Waals surface area contributed by atoms with Gasteiger partial charge in [0.05, 0.1) is 18.6 Å². The van der Waals surface area contributed by atoms with E-state index in [4.69, 9.17) is 4.74 Å². The predicted octanol–water partition coefficient (Wildman–Crippen LogP) is 7.10. The minimum Gasteiger partial charge on any atom is -0.497 e. The molecule has 0 aliphatic heterocycles. The van der Waals surface area contributed by atoms with E-state index in [-0.39, 0.29) is 17.4 Å². The molecule has 0 radical (unpaired) electrons. The number of benzene rings is 4. The zero-order valence-electron chi connectivity index (χ0n) is 24.0. The molecule has 0 saturated carbocycles. The first-order chi connectivity index (χ1) is 21.9. The molecule has 0 saturated heterocycles. The van der Waals surface area contributed by atoms with Crippen LogP contribution in [0.5, 0.6) is 5.75 Å². The topological polar surface area (TPSA) is 109 Å². The Labute approximate surface area is 267 Å². The number of nitrogens with zero attached hydrogens (tertiary/aromatic N) is 1. The third kappa shape index (κ3) is 8.88. The van der Waals surface area contributed by atoms with Gasteiger partial charge in [-0.15, -0.1) is 23.1 Å². The van der Waals surface area contributed by atoms with Crippen LogP contribution in [0.1, 0.15) is 15.9 Å². The molecule has 0 bridgehead atoms. The van der Waals surface area contributed by atoms with Gasteiger partial charge in [0.2, 0.25) is 5.91 Å². The van der Waals surface area contributed by atoms with Crippen LogP contribution in [-0.2, 0) is 9.59 Å². The fraction of sp³-hybridized carbons (Fsp3) is 0.0588. The van der Waals surface area contributed by atoms with Crippen molar-refractivity contribution in [1.29, 1.82) is 0 Å². The fourth-order valence-electron chi connectivity index (χ4n) is 4.03. The van der Waals surface area contributed by atoms with Crippen molar-refractivity contribution < 1.29 is 23.5 Å². The summed E-state index contributed by atoms with van der Waals surface area (Å²) >= 11 is 2.68. The number of ether oxygens (including phenoxy) is 1. The maximum absolute atomic E-state index is 13.4. The Morgan fingerprint density at radius 2 is 1.60 bits per heavy atom. The molecule has 0 aliphatic rings. The lowest BCUT2D eigenvalue weighted by atomic mass is 10.1. The third-order valence-corrected chi connectivity index (χ3v) is 8.10. The summed E-state index contributed by atoms with van der Waals surface area (Å²) in [5.74, 6) is -0.703. The van der Waals surface area contributed by atoms with Crippen LogP contribution >= 0.6 is 23.1 Å². The molecule has 3 N–H and O–H groups in total. The van der Waals surface area contributed by atoms with E-state index in [1.165, 1.54) is 53.4 Å². The molecule has 11 heteroatoms. The molecule has 0 fully saturated rings. The van der Waals surface area contributed by atoms with E-state index in [1.54, 1.807) is 61.7 Å². The standard InChI is InChI=1S/C34H27FN4O4S2/c1-43-27-15-9-23(10-16-27)30-20-45-34(38-30)39-31(40)21-44-28-17-13-26(14-18-28)36-33(42)29(19-22-7-11-25(35)12-8-22)37-32(41)24-5-3-2-4-6-24/h2-20H,21H2,1H3,(H,36,42)(H,37,41)(H,38,39,40)/b29-19-. The van der Waals surface area contributed by atoms with E-state index in [1.807, 2.05) is 29.6 Å². The maximum Gasteiger partial charge on any atom is 0.272 e. The van der Waals surface area contributed by atoms with E-state index in [0.29, 0.717) is 21.9 Å². The van der Waals surface area contributed by atoms with Crippen LogP contribution in [0, 0.1) is 5.82 Å². The molecule has 1 heterocycles. The Morgan fingerprint density at radius 3 is 2.29 bits per heavy atom. The van der Waals surface area contributed by atoms with Crippen LogP contribution in [0.2, 0.25) is 0 Å². The molecular weight excluding hydrogens is 612 g/mol. The van der Waals surface area contributed by atoms with Gasteiger partial charge in [0, 0.05) is 27.1 Å². The summed E-state index contributed by atoms with van der Waals surface area (Å²) in [5.41, 5.74) is 3.08. The quantitative estimate of drug-likeness (QED) is 0.105. The minimum atomic E-state index is -0.555. The number of hydrogen-bond acceptors (Lipinski definition) is 7. The number of halogens is 1. The van der Waals surface area contributed by atoms with E-state index in [9.17, 15) is 18.8 Å². The van der Waals surface area contributed by atoms with Crippen molar-refractivity contribution in [2.75, 3.05) is 23.5 Å². The van der Waals surface area contributed by atoms with E-state index in [2.05, 4.69) is 20.9 Å². The number of anilines is 2. The van der Waals surface area contributed by atoms with Crippen molar-refractivity contribution in [3.8, 4) is 17.0 Å². The molecule has 0 spiro atoms. The van der Waals surface area contributed by atoms with Gasteiger partial charge in [-0.25, -0.2) is 9.37 Å². The number of carbonyl (C=O) groups excluding carboxylic acids is 3. The number of amides is 3. The highest BCUT2D eigenvalue weighted by Crippen LogP contribution is 2.27. The van der Waals surface area contributed by atoms with Crippen LogP contribution in [0.3, 0.4) is 0 Å². The number of aromatic nitrogens is 1. The Balaban J connectivity index is 1.17. The third-order valence-electron chi connectivity index (χ3n) is 6.33. The number of rotatable bonds is 11. The molecule has 45 heavy (non-hydrogen) atoms. The summed E-state index contributed by atoms with van der Waals surface area (Å²) in [5, 5.41) is 10.7. The van der Waals surface area contributed by atoms with Crippen LogP contribution in [0.25, 0.3) is 17.3 Å². The monoisotopic (exact) mass is 638 g/mol. The second-order valence-corrected chi connectivity index (χ2v) is 11.4.